The Hall–Kier alpha value is -2.64. The lowest BCUT2D eigenvalue weighted by Crippen LogP contribution is -2.15. The van der Waals surface area contributed by atoms with Gasteiger partial charge in [0.2, 0.25) is 0 Å². The maximum Gasteiger partial charge on any atom is 0.261 e. The zero-order chi connectivity index (χ0) is 20.3. The lowest BCUT2D eigenvalue weighted by atomic mass is 10.2. The van der Waals surface area contributed by atoms with Crippen LogP contribution >= 0.6 is 15.9 Å². The number of carbonyl (C=O) groups is 1. The number of anilines is 2. The first-order chi connectivity index (χ1) is 13.2. The van der Waals surface area contributed by atoms with Gasteiger partial charge in [-0.1, -0.05) is 23.8 Å². The molecular formula is C21H19BrN2O3S. The molecule has 3 rings (SSSR count). The van der Waals surface area contributed by atoms with Crippen LogP contribution in [0, 0.1) is 13.8 Å². The van der Waals surface area contributed by atoms with E-state index in [-0.39, 0.29) is 10.8 Å². The minimum absolute atomic E-state index is 0.0844. The van der Waals surface area contributed by atoms with Crippen molar-refractivity contribution in [3.8, 4) is 0 Å². The molecular weight excluding hydrogens is 440 g/mol. The van der Waals surface area contributed by atoms with Crippen molar-refractivity contribution in [2.45, 2.75) is 18.7 Å². The molecule has 0 saturated carbocycles. The quantitative estimate of drug-likeness (QED) is 0.556. The van der Waals surface area contributed by atoms with E-state index >= 15 is 0 Å². The summed E-state index contributed by atoms with van der Waals surface area (Å²) in [5, 5.41) is 2.81. The van der Waals surface area contributed by atoms with Gasteiger partial charge in [-0.2, -0.15) is 0 Å². The number of amides is 1. The molecule has 0 aliphatic heterocycles. The second-order valence-electron chi connectivity index (χ2n) is 6.43. The third-order valence-corrected chi connectivity index (χ3v) is 6.16. The molecule has 0 atom stereocenters. The average Bonchev–Trinajstić information content (AvgIpc) is 2.66. The normalized spacial score (nSPS) is 11.1. The Balaban J connectivity index is 1.74. The van der Waals surface area contributed by atoms with Crippen molar-refractivity contribution in [3.05, 3.63) is 87.9 Å². The van der Waals surface area contributed by atoms with E-state index in [4.69, 9.17) is 0 Å². The fraction of sp³-hybridized carbons (Fsp3) is 0.0952. The van der Waals surface area contributed by atoms with Crippen molar-refractivity contribution in [1.82, 2.24) is 0 Å². The summed E-state index contributed by atoms with van der Waals surface area (Å²) in [7, 11) is -3.73. The highest BCUT2D eigenvalue weighted by Crippen LogP contribution is 2.24. The average molecular weight is 459 g/mol. The molecule has 3 aromatic rings. The lowest BCUT2D eigenvalue weighted by molar-refractivity contribution is 0.102. The molecule has 28 heavy (non-hydrogen) atoms. The molecule has 0 aliphatic rings. The second kappa shape index (κ2) is 8.16. The summed E-state index contributed by atoms with van der Waals surface area (Å²) in [6.45, 7) is 3.89. The van der Waals surface area contributed by atoms with Crippen LogP contribution in [-0.4, -0.2) is 14.3 Å². The molecule has 0 unspecified atom stereocenters. The number of rotatable bonds is 5. The van der Waals surface area contributed by atoms with Crippen LogP contribution in [0.5, 0.6) is 0 Å². The zero-order valence-corrected chi connectivity index (χ0v) is 17.8. The Kier molecular flexibility index (Phi) is 5.86. The predicted octanol–water partition coefficient (Wildman–Crippen LogP) is 5.12. The van der Waals surface area contributed by atoms with Crippen LogP contribution in [0.3, 0.4) is 0 Å². The number of carbonyl (C=O) groups excluding carboxylic acids is 1. The monoisotopic (exact) mass is 458 g/mol. The van der Waals surface area contributed by atoms with Crippen LogP contribution in [-0.2, 0) is 10.0 Å². The van der Waals surface area contributed by atoms with Crippen molar-refractivity contribution < 1.29 is 13.2 Å². The van der Waals surface area contributed by atoms with Gasteiger partial charge in [0.15, 0.2) is 0 Å². The van der Waals surface area contributed by atoms with E-state index in [1.807, 2.05) is 44.2 Å². The fourth-order valence-electron chi connectivity index (χ4n) is 2.54. The molecule has 0 spiro atoms. The molecule has 0 aromatic heterocycles. The SMILES string of the molecule is Cc1ccc(NS(=O)(=O)c2ccc(C(=O)Nc3ccc(C)cc3Br)cc2)cc1. The minimum atomic E-state index is -3.73. The molecule has 0 fully saturated rings. The number of aryl methyl sites for hydroxylation is 2. The van der Waals surface area contributed by atoms with Crippen LogP contribution in [0.4, 0.5) is 11.4 Å². The summed E-state index contributed by atoms with van der Waals surface area (Å²) >= 11 is 3.42. The molecule has 1 amide bonds. The summed E-state index contributed by atoms with van der Waals surface area (Å²) in [6, 6.07) is 18.5. The van der Waals surface area contributed by atoms with Crippen molar-refractivity contribution in [1.29, 1.82) is 0 Å². The van der Waals surface area contributed by atoms with Crippen molar-refractivity contribution in [2.24, 2.45) is 0 Å². The molecule has 0 radical (unpaired) electrons. The smallest absolute Gasteiger partial charge is 0.261 e. The van der Waals surface area contributed by atoms with Gasteiger partial charge < -0.3 is 5.32 Å². The van der Waals surface area contributed by atoms with Gasteiger partial charge in [0.25, 0.3) is 15.9 Å². The van der Waals surface area contributed by atoms with E-state index in [9.17, 15) is 13.2 Å². The maximum absolute atomic E-state index is 12.5. The highest BCUT2D eigenvalue weighted by molar-refractivity contribution is 9.10. The third-order valence-electron chi connectivity index (χ3n) is 4.10. The second-order valence-corrected chi connectivity index (χ2v) is 8.97. The van der Waals surface area contributed by atoms with E-state index in [1.54, 1.807) is 12.1 Å². The van der Waals surface area contributed by atoms with Crippen LogP contribution in [0.2, 0.25) is 0 Å². The number of hydrogen-bond acceptors (Lipinski definition) is 3. The number of halogens is 1. The van der Waals surface area contributed by atoms with Crippen LogP contribution < -0.4 is 10.0 Å². The van der Waals surface area contributed by atoms with Crippen LogP contribution in [0.1, 0.15) is 21.5 Å². The summed E-state index contributed by atoms with van der Waals surface area (Å²) in [5.74, 6) is -0.319. The van der Waals surface area contributed by atoms with Crippen LogP contribution in [0.25, 0.3) is 0 Å². The van der Waals surface area contributed by atoms with Gasteiger partial charge in [-0.05, 0) is 83.9 Å². The highest BCUT2D eigenvalue weighted by atomic mass is 79.9. The topological polar surface area (TPSA) is 75.3 Å². The Bertz CT molecular complexity index is 1110. The van der Waals surface area contributed by atoms with E-state index < -0.39 is 10.0 Å². The molecule has 0 bridgehead atoms. The standard InChI is InChI=1S/C21H19BrN2O3S/c1-14-3-8-17(9-4-14)24-28(26,27)18-10-6-16(7-11-18)21(25)23-20-12-5-15(2)13-19(20)22/h3-13,24H,1-2H3,(H,23,25). The van der Waals surface area contributed by atoms with E-state index in [0.29, 0.717) is 16.9 Å². The summed E-state index contributed by atoms with van der Waals surface area (Å²) in [5.41, 5.74) is 3.60. The molecule has 0 saturated heterocycles. The zero-order valence-electron chi connectivity index (χ0n) is 15.4. The van der Waals surface area contributed by atoms with Gasteiger partial charge >= 0.3 is 0 Å². The summed E-state index contributed by atoms with van der Waals surface area (Å²) in [4.78, 5) is 12.5. The Morgan fingerprint density at radius 2 is 1.46 bits per heavy atom. The van der Waals surface area contributed by atoms with Crippen molar-refractivity contribution >= 4 is 43.2 Å². The molecule has 0 heterocycles. The van der Waals surface area contributed by atoms with E-state index in [1.165, 1.54) is 24.3 Å². The largest absolute Gasteiger partial charge is 0.321 e. The van der Waals surface area contributed by atoms with Gasteiger partial charge in [0, 0.05) is 15.7 Å². The van der Waals surface area contributed by atoms with Gasteiger partial charge in [-0.3, -0.25) is 9.52 Å². The van der Waals surface area contributed by atoms with Crippen LogP contribution in [0.15, 0.2) is 76.1 Å². The molecule has 7 heteroatoms. The van der Waals surface area contributed by atoms with E-state index in [0.717, 1.165) is 15.6 Å². The first-order valence-corrected chi connectivity index (χ1v) is 10.8. The fourth-order valence-corrected chi connectivity index (χ4v) is 4.19. The van der Waals surface area contributed by atoms with Crippen molar-refractivity contribution in [3.63, 3.8) is 0 Å². The van der Waals surface area contributed by atoms with Gasteiger partial charge in [-0.25, -0.2) is 8.42 Å². The molecule has 144 valence electrons. The highest BCUT2D eigenvalue weighted by Gasteiger charge is 2.15. The first-order valence-electron chi connectivity index (χ1n) is 8.52. The summed E-state index contributed by atoms with van der Waals surface area (Å²) in [6.07, 6.45) is 0. The Labute approximate surface area is 173 Å². The Morgan fingerprint density at radius 1 is 0.857 bits per heavy atom. The Morgan fingerprint density at radius 3 is 2.07 bits per heavy atom. The number of benzene rings is 3. The minimum Gasteiger partial charge on any atom is -0.321 e. The van der Waals surface area contributed by atoms with E-state index in [2.05, 4.69) is 26.0 Å². The molecule has 3 aromatic carbocycles. The molecule has 5 nitrogen and oxygen atoms in total. The number of hydrogen-bond donors (Lipinski definition) is 2. The van der Waals surface area contributed by atoms with Gasteiger partial charge in [0.05, 0.1) is 10.6 Å². The maximum atomic E-state index is 12.5. The van der Waals surface area contributed by atoms with Gasteiger partial charge in [-0.15, -0.1) is 0 Å². The molecule has 2 N–H and O–H groups in total. The van der Waals surface area contributed by atoms with Gasteiger partial charge in [0.1, 0.15) is 0 Å². The number of sulfonamides is 1. The predicted molar refractivity (Wildman–Crippen MR) is 115 cm³/mol. The third kappa shape index (κ3) is 4.79. The number of nitrogens with one attached hydrogen (secondary N) is 2. The molecule has 0 aliphatic carbocycles. The van der Waals surface area contributed by atoms with Crippen molar-refractivity contribution in [2.75, 3.05) is 10.0 Å². The lowest BCUT2D eigenvalue weighted by Gasteiger charge is -2.10. The first kappa shape index (κ1) is 20.1. The summed E-state index contributed by atoms with van der Waals surface area (Å²) < 4.78 is 28.3.